The molecule has 1 aliphatic carbocycles. The van der Waals surface area contributed by atoms with E-state index in [4.69, 9.17) is 4.74 Å². The second-order valence-corrected chi connectivity index (χ2v) is 9.34. The van der Waals surface area contributed by atoms with Crippen molar-refractivity contribution in [2.45, 2.75) is 44.2 Å². The minimum Gasteiger partial charge on any atom is -0.452 e. The predicted octanol–water partition coefficient (Wildman–Crippen LogP) is 1.61. The average Bonchev–Trinajstić information content (AvgIpc) is 3.30. The number of hydrogen-bond donors (Lipinski definition) is 0. The van der Waals surface area contributed by atoms with Crippen LogP contribution in [0.15, 0.2) is 24.3 Å². The Morgan fingerprint density at radius 2 is 1.74 bits per heavy atom. The first kappa shape index (κ1) is 19.5. The van der Waals surface area contributed by atoms with Crippen molar-refractivity contribution in [3.05, 3.63) is 35.4 Å². The third-order valence-electron chi connectivity index (χ3n) is 5.22. The maximum absolute atomic E-state index is 12.8. The van der Waals surface area contributed by atoms with Crippen molar-refractivity contribution in [1.82, 2.24) is 4.90 Å². The highest BCUT2D eigenvalue weighted by molar-refractivity contribution is 7.91. The van der Waals surface area contributed by atoms with Crippen LogP contribution in [0.5, 0.6) is 0 Å². The Hall–Kier alpha value is -2.22. The number of nitrogens with zero attached hydrogens (tertiary/aromatic N) is 1. The summed E-state index contributed by atoms with van der Waals surface area (Å²) >= 11 is 0. The number of ether oxygens (including phenoxy) is 1. The van der Waals surface area contributed by atoms with Crippen LogP contribution in [0.25, 0.3) is 0 Å². The maximum atomic E-state index is 12.8. The Morgan fingerprint density at radius 1 is 1.07 bits per heavy atom. The molecule has 3 rings (SSSR count). The summed E-state index contributed by atoms with van der Waals surface area (Å²) in [5.41, 5.74) is 0.696. The molecule has 7 nitrogen and oxygen atoms in total. The van der Waals surface area contributed by atoms with E-state index in [1.54, 1.807) is 4.90 Å². The lowest BCUT2D eigenvalue weighted by Crippen LogP contribution is -2.48. The average molecular weight is 393 g/mol. The first-order chi connectivity index (χ1) is 12.9. The number of benzene rings is 1. The first-order valence-electron chi connectivity index (χ1n) is 9.13. The fourth-order valence-electron chi connectivity index (χ4n) is 3.87. The van der Waals surface area contributed by atoms with E-state index in [1.165, 1.54) is 24.3 Å². The number of esters is 1. The van der Waals surface area contributed by atoms with E-state index in [0.29, 0.717) is 18.3 Å². The number of carbonyl (C=O) groups excluding carboxylic acids is 3. The van der Waals surface area contributed by atoms with Crippen molar-refractivity contribution >= 4 is 28.0 Å². The quantitative estimate of drug-likeness (QED) is 0.538. The van der Waals surface area contributed by atoms with Crippen LogP contribution < -0.4 is 0 Å². The maximum Gasteiger partial charge on any atom is 0.338 e. The minimum absolute atomic E-state index is 0.0152. The Balaban J connectivity index is 1.65. The van der Waals surface area contributed by atoms with E-state index in [0.717, 1.165) is 25.7 Å². The van der Waals surface area contributed by atoms with Gasteiger partial charge < -0.3 is 9.64 Å². The predicted molar refractivity (Wildman–Crippen MR) is 98.3 cm³/mol. The molecular weight excluding hydrogens is 370 g/mol. The molecule has 0 bridgehead atoms. The van der Waals surface area contributed by atoms with Crippen LogP contribution in [-0.2, 0) is 19.4 Å². The number of hydrogen-bond acceptors (Lipinski definition) is 6. The van der Waals surface area contributed by atoms with Crippen molar-refractivity contribution in [3.8, 4) is 0 Å². The van der Waals surface area contributed by atoms with Gasteiger partial charge >= 0.3 is 5.97 Å². The molecule has 0 unspecified atom stereocenters. The number of rotatable bonds is 6. The summed E-state index contributed by atoms with van der Waals surface area (Å²) in [6.45, 7) is -0.415. The van der Waals surface area contributed by atoms with Gasteiger partial charge in [0.05, 0.1) is 17.1 Å². The van der Waals surface area contributed by atoms with Gasteiger partial charge in [0.1, 0.15) is 6.29 Å². The van der Waals surface area contributed by atoms with Crippen LogP contribution in [-0.4, -0.2) is 61.7 Å². The molecule has 1 saturated carbocycles. The Kier molecular flexibility index (Phi) is 5.94. The molecule has 1 aliphatic heterocycles. The summed E-state index contributed by atoms with van der Waals surface area (Å²) in [7, 11) is -3.11. The van der Waals surface area contributed by atoms with E-state index in [1.807, 2.05) is 0 Å². The minimum atomic E-state index is -3.11. The molecule has 1 aromatic carbocycles. The molecule has 1 atom stereocenters. The van der Waals surface area contributed by atoms with Gasteiger partial charge in [-0.15, -0.1) is 0 Å². The molecule has 1 aromatic rings. The molecule has 2 fully saturated rings. The molecule has 1 amide bonds. The lowest BCUT2D eigenvalue weighted by molar-refractivity contribution is -0.139. The van der Waals surface area contributed by atoms with Crippen LogP contribution in [0.1, 0.15) is 52.8 Å². The highest BCUT2D eigenvalue weighted by atomic mass is 32.2. The van der Waals surface area contributed by atoms with E-state index >= 15 is 0 Å². The smallest absolute Gasteiger partial charge is 0.338 e. The van der Waals surface area contributed by atoms with Gasteiger partial charge in [-0.25, -0.2) is 13.2 Å². The lowest BCUT2D eigenvalue weighted by atomic mass is 10.1. The normalized spacial score (nSPS) is 21.7. The van der Waals surface area contributed by atoms with Gasteiger partial charge in [-0.05, 0) is 31.4 Å². The molecule has 1 heterocycles. The SMILES string of the molecule is O=Cc1ccc(C(=O)OCC(=O)N(C2CCCC2)[C@@H]2CCS(=O)(=O)C2)cc1. The molecule has 146 valence electrons. The summed E-state index contributed by atoms with van der Waals surface area (Å²) < 4.78 is 28.8. The number of carbonyl (C=O) groups is 3. The summed E-state index contributed by atoms with van der Waals surface area (Å²) in [5, 5.41) is 0. The fraction of sp³-hybridized carbons (Fsp3) is 0.526. The Labute approximate surface area is 158 Å². The molecule has 1 saturated heterocycles. The van der Waals surface area contributed by atoms with E-state index in [2.05, 4.69) is 0 Å². The van der Waals surface area contributed by atoms with Gasteiger partial charge in [-0.3, -0.25) is 9.59 Å². The summed E-state index contributed by atoms with van der Waals surface area (Å²) in [6.07, 6.45) is 4.83. The lowest BCUT2D eigenvalue weighted by Gasteiger charge is -2.33. The molecule has 0 spiro atoms. The highest BCUT2D eigenvalue weighted by Gasteiger charge is 2.39. The highest BCUT2D eigenvalue weighted by Crippen LogP contribution is 2.29. The molecule has 0 aromatic heterocycles. The molecule has 0 radical (unpaired) electrons. The zero-order chi connectivity index (χ0) is 19.4. The zero-order valence-corrected chi connectivity index (χ0v) is 15.8. The monoisotopic (exact) mass is 393 g/mol. The van der Waals surface area contributed by atoms with Crippen LogP contribution in [0.4, 0.5) is 0 Å². The van der Waals surface area contributed by atoms with Gasteiger partial charge in [0, 0.05) is 17.6 Å². The van der Waals surface area contributed by atoms with E-state index in [9.17, 15) is 22.8 Å². The molecule has 0 N–H and O–H groups in total. The number of amides is 1. The van der Waals surface area contributed by atoms with Crippen molar-refractivity contribution in [1.29, 1.82) is 0 Å². The van der Waals surface area contributed by atoms with Gasteiger partial charge in [-0.1, -0.05) is 25.0 Å². The molecule has 2 aliphatic rings. The second-order valence-electron chi connectivity index (χ2n) is 7.11. The number of sulfone groups is 1. The Bertz CT molecular complexity index is 811. The van der Waals surface area contributed by atoms with Crippen molar-refractivity contribution in [2.24, 2.45) is 0 Å². The third-order valence-corrected chi connectivity index (χ3v) is 6.97. The molecule has 27 heavy (non-hydrogen) atoms. The zero-order valence-electron chi connectivity index (χ0n) is 15.0. The second kappa shape index (κ2) is 8.21. The largest absolute Gasteiger partial charge is 0.452 e. The van der Waals surface area contributed by atoms with Gasteiger partial charge in [0.25, 0.3) is 5.91 Å². The molecule has 8 heteroatoms. The van der Waals surface area contributed by atoms with Crippen molar-refractivity contribution < 1.29 is 27.5 Å². The van der Waals surface area contributed by atoms with Crippen molar-refractivity contribution in [3.63, 3.8) is 0 Å². The summed E-state index contributed by atoms with van der Waals surface area (Å²) in [5.74, 6) is -0.916. The standard InChI is InChI=1S/C19H23NO6S/c21-11-14-5-7-15(8-6-14)19(23)26-12-18(22)20(16-3-1-2-4-16)17-9-10-27(24,25)13-17/h5-8,11,16-17H,1-4,9-10,12-13H2/t17-/m1/s1. The summed E-state index contributed by atoms with van der Waals surface area (Å²) in [4.78, 5) is 37.2. The molecular formula is C19H23NO6S. The van der Waals surface area contributed by atoms with Gasteiger partial charge in [0.15, 0.2) is 16.4 Å². The van der Waals surface area contributed by atoms with Crippen LogP contribution in [0.2, 0.25) is 0 Å². The van der Waals surface area contributed by atoms with E-state index in [-0.39, 0.29) is 35.1 Å². The topological polar surface area (TPSA) is 97.8 Å². The fourth-order valence-corrected chi connectivity index (χ4v) is 5.58. The van der Waals surface area contributed by atoms with Gasteiger partial charge in [-0.2, -0.15) is 0 Å². The Morgan fingerprint density at radius 3 is 2.30 bits per heavy atom. The first-order valence-corrected chi connectivity index (χ1v) is 11.0. The summed E-state index contributed by atoms with van der Waals surface area (Å²) in [6, 6.07) is 5.61. The van der Waals surface area contributed by atoms with E-state index < -0.39 is 22.4 Å². The number of aldehydes is 1. The van der Waals surface area contributed by atoms with Crippen LogP contribution in [0.3, 0.4) is 0 Å². The van der Waals surface area contributed by atoms with Crippen LogP contribution in [0, 0.1) is 0 Å². The van der Waals surface area contributed by atoms with Gasteiger partial charge in [0.2, 0.25) is 0 Å². The van der Waals surface area contributed by atoms with Crippen molar-refractivity contribution in [2.75, 3.05) is 18.1 Å². The third kappa shape index (κ3) is 4.74. The van der Waals surface area contributed by atoms with Crippen LogP contribution >= 0.6 is 0 Å².